The van der Waals surface area contributed by atoms with Crippen molar-refractivity contribution >= 4 is 22.3 Å². The summed E-state index contributed by atoms with van der Waals surface area (Å²) in [6.07, 6.45) is 1.42. The Morgan fingerprint density at radius 3 is 2.84 bits per heavy atom. The predicted octanol–water partition coefficient (Wildman–Crippen LogP) is -2.27. The van der Waals surface area contributed by atoms with Crippen LogP contribution in [-0.2, 0) is 24.3 Å². The SMILES string of the molecule is N[C@H]1CN[C@H](CONC(=O)[C@@H]2CC[C@@H]3CN2C(=O)N3OS(=O)(=O)O)C1. The molecule has 0 aromatic rings. The summed E-state index contributed by atoms with van der Waals surface area (Å²) in [6, 6.07) is -2.00. The summed E-state index contributed by atoms with van der Waals surface area (Å²) in [5.41, 5.74) is 8.08. The highest BCUT2D eigenvalue weighted by molar-refractivity contribution is 7.80. The highest BCUT2D eigenvalue weighted by atomic mass is 32.3. The molecule has 13 heteroatoms. The number of fused-ring (bicyclic) bond motifs is 2. The monoisotopic (exact) mass is 379 g/mol. The van der Waals surface area contributed by atoms with E-state index in [-0.39, 0.29) is 25.2 Å². The van der Waals surface area contributed by atoms with Gasteiger partial charge in [-0.3, -0.25) is 14.2 Å². The number of nitrogens with two attached hydrogens (primary N) is 1. The van der Waals surface area contributed by atoms with Crippen molar-refractivity contribution in [2.75, 3.05) is 19.7 Å². The van der Waals surface area contributed by atoms with Crippen LogP contribution in [0.5, 0.6) is 0 Å². The van der Waals surface area contributed by atoms with Gasteiger partial charge in [0.1, 0.15) is 6.04 Å². The molecule has 3 heterocycles. The lowest BCUT2D eigenvalue weighted by Gasteiger charge is -2.29. The van der Waals surface area contributed by atoms with Crippen LogP contribution in [0.4, 0.5) is 4.79 Å². The van der Waals surface area contributed by atoms with Crippen molar-refractivity contribution in [3.8, 4) is 0 Å². The second-order valence-electron chi connectivity index (χ2n) is 6.39. The molecule has 142 valence electrons. The average Bonchev–Trinajstić information content (AvgIpc) is 3.04. The van der Waals surface area contributed by atoms with E-state index in [0.717, 1.165) is 6.42 Å². The maximum absolute atomic E-state index is 12.3. The molecule has 4 atom stereocenters. The number of hydrogen-bond donors (Lipinski definition) is 4. The Kier molecular flexibility index (Phi) is 5.13. The van der Waals surface area contributed by atoms with E-state index in [4.69, 9.17) is 15.1 Å². The summed E-state index contributed by atoms with van der Waals surface area (Å²) in [6.45, 7) is 1.07. The molecule has 2 bridgehead atoms. The molecule has 25 heavy (non-hydrogen) atoms. The number of carbonyl (C=O) groups excluding carboxylic acids is 2. The summed E-state index contributed by atoms with van der Waals surface area (Å²) in [5, 5.41) is 3.74. The van der Waals surface area contributed by atoms with E-state index in [1.165, 1.54) is 4.90 Å². The smallest absolute Gasteiger partial charge is 0.326 e. The highest BCUT2D eigenvalue weighted by Gasteiger charge is 2.49. The average molecular weight is 379 g/mol. The number of piperidine rings is 1. The fraction of sp³-hybridized carbons (Fsp3) is 0.833. The predicted molar refractivity (Wildman–Crippen MR) is 81.9 cm³/mol. The van der Waals surface area contributed by atoms with Gasteiger partial charge >= 0.3 is 16.4 Å². The van der Waals surface area contributed by atoms with Crippen molar-refractivity contribution in [3.05, 3.63) is 0 Å². The third-order valence-electron chi connectivity index (χ3n) is 4.51. The molecule has 3 fully saturated rings. The lowest BCUT2D eigenvalue weighted by atomic mass is 10.0. The lowest BCUT2D eigenvalue weighted by molar-refractivity contribution is -0.139. The Morgan fingerprint density at radius 1 is 1.44 bits per heavy atom. The maximum atomic E-state index is 12.3. The third kappa shape index (κ3) is 4.19. The Morgan fingerprint density at radius 2 is 2.20 bits per heavy atom. The summed E-state index contributed by atoms with van der Waals surface area (Å²) in [4.78, 5) is 30.9. The zero-order valence-electron chi connectivity index (χ0n) is 13.3. The molecule has 0 saturated carbocycles. The number of nitrogens with zero attached hydrogens (tertiary/aromatic N) is 2. The molecular formula is C12H21N5O7S. The van der Waals surface area contributed by atoms with E-state index in [2.05, 4.69) is 15.1 Å². The van der Waals surface area contributed by atoms with Gasteiger partial charge in [-0.2, -0.15) is 13.5 Å². The molecule has 5 N–H and O–H groups in total. The van der Waals surface area contributed by atoms with Gasteiger partial charge in [0.15, 0.2) is 0 Å². The summed E-state index contributed by atoms with van der Waals surface area (Å²) in [7, 11) is -4.81. The lowest BCUT2D eigenvalue weighted by Crippen LogP contribution is -2.50. The van der Waals surface area contributed by atoms with E-state index in [0.29, 0.717) is 24.4 Å². The van der Waals surface area contributed by atoms with E-state index >= 15 is 0 Å². The number of amides is 3. The fourth-order valence-corrected chi connectivity index (χ4v) is 3.75. The summed E-state index contributed by atoms with van der Waals surface area (Å²) >= 11 is 0. The van der Waals surface area contributed by atoms with E-state index < -0.39 is 34.4 Å². The van der Waals surface area contributed by atoms with Gasteiger partial charge in [0.2, 0.25) is 0 Å². The van der Waals surface area contributed by atoms with Crippen molar-refractivity contribution < 1.29 is 31.7 Å². The standard InChI is InChI=1S/C12H21N5O7S/c13-7-3-8(14-4-7)6-23-15-11(18)10-2-1-9-5-16(10)12(19)17(9)24-25(20,21)22/h7-10,14H,1-6,13H2,(H,15,18)(H,20,21,22)/t7-,8+,9-,10+/m1/s1. The van der Waals surface area contributed by atoms with Crippen LogP contribution < -0.4 is 16.5 Å². The van der Waals surface area contributed by atoms with Crippen molar-refractivity contribution in [2.24, 2.45) is 5.73 Å². The Hall–Kier alpha value is -1.51. The molecule has 3 amide bonds. The van der Waals surface area contributed by atoms with Crippen LogP contribution in [0.25, 0.3) is 0 Å². The van der Waals surface area contributed by atoms with Gasteiger partial charge in [0.05, 0.1) is 12.6 Å². The molecule has 0 radical (unpaired) electrons. The molecule has 0 aromatic carbocycles. The number of rotatable bonds is 6. The summed E-state index contributed by atoms with van der Waals surface area (Å²) < 4.78 is 34.7. The quantitative estimate of drug-likeness (QED) is 0.294. The number of hydroxylamine groups is 3. The first-order valence-electron chi connectivity index (χ1n) is 7.92. The van der Waals surface area contributed by atoms with Crippen molar-refractivity contribution in [1.29, 1.82) is 0 Å². The second-order valence-corrected chi connectivity index (χ2v) is 7.39. The van der Waals surface area contributed by atoms with Crippen LogP contribution in [0.2, 0.25) is 0 Å². The molecular weight excluding hydrogens is 358 g/mol. The summed E-state index contributed by atoms with van der Waals surface area (Å²) in [5.74, 6) is -0.497. The molecule has 12 nitrogen and oxygen atoms in total. The van der Waals surface area contributed by atoms with Gasteiger partial charge < -0.3 is 16.0 Å². The zero-order valence-corrected chi connectivity index (χ0v) is 14.1. The zero-order chi connectivity index (χ0) is 18.2. The van der Waals surface area contributed by atoms with Crippen LogP contribution in [0.15, 0.2) is 0 Å². The molecule has 3 aliphatic rings. The topological polar surface area (TPSA) is 164 Å². The normalized spacial score (nSPS) is 32.3. The highest BCUT2D eigenvalue weighted by Crippen LogP contribution is 2.30. The largest absolute Gasteiger partial charge is 0.418 e. The molecule has 0 unspecified atom stereocenters. The molecule has 0 spiro atoms. The van der Waals surface area contributed by atoms with E-state index in [9.17, 15) is 18.0 Å². The fourth-order valence-electron chi connectivity index (χ4n) is 3.36. The minimum absolute atomic E-state index is 0.0538. The van der Waals surface area contributed by atoms with Gasteiger partial charge in [0, 0.05) is 25.2 Å². The first-order valence-corrected chi connectivity index (χ1v) is 9.28. The van der Waals surface area contributed by atoms with Gasteiger partial charge in [-0.25, -0.2) is 10.3 Å². The minimum atomic E-state index is -4.81. The van der Waals surface area contributed by atoms with Crippen LogP contribution in [0.3, 0.4) is 0 Å². The van der Waals surface area contributed by atoms with Crippen LogP contribution in [0, 0.1) is 0 Å². The van der Waals surface area contributed by atoms with Gasteiger partial charge in [0.25, 0.3) is 5.91 Å². The number of hydrogen-bond acceptors (Lipinski definition) is 8. The minimum Gasteiger partial charge on any atom is -0.326 e. The maximum Gasteiger partial charge on any atom is 0.418 e. The van der Waals surface area contributed by atoms with Gasteiger partial charge in [-0.15, -0.1) is 4.28 Å². The van der Waals surface area contributed by atoms with Crippen LogP contribution >= 0.6 is 0 Å². The van der Waals surface area contributed by atoms with Crippen LogP contribution in [0.1, 0.15) is 19.3 Å². The van der Waals surface area contributed by atoms with Gasteiger partial charge in [-0.05, 0) is 19.3 Å². The molecule has 0 aromatic heterocycles. The van der Waals surface area contributed by atoms with Crippen molar-refractivity contribution in [1.82, 2.24) is 20.8 Å². The number of nitrogens with one attached hydrogen (secondary N) is 2. The van der Waals surface area contributed by atoms with Crippen molar-refractivity contribution in [2.45, 2.75) is 43.4 Å². The van der Waals surface area contributed by atoms with Crippen LogP contribution in [-0.4, -0.2) is 78.7 Å². The first kappa shape index (κ1) is 18.3. The van der Waals surface area contributed by atoms with Gasteiger partial charge in [-0.1, -0.05) is 0 Å². The molecule has 3 rings (SSSR count). The Balaban J connectivity index is 1.52. The number of urea groups is 1. The molecule has 0 aliphatic carbocycles. The van der Waals surface area contributed by atoms with E-state index in [1.54, 1.807) is 0 Å². The third-order valence-corrected chi connectivity index (χ3v) is 4.86. The molecule has 3 saturated heterocycles. The first-order chi connectivity index (χ1) is 11.7. The van der Waals surface area contributed by atoms with E-state index in [1.807, 2.05) is 0 Å². The number of carbonyl (C=O) groups is 2. The second kappa shape index (κ2) is 7.01. The molecule has 3 aliphatic heterocycles. The Bertz CT molecular complexity index is 644. The Labute approximate surface area is 144 Å². The van der Waals surface area contributed by atoms with Crippen molar-refractivity contribution in [3.63, 3.8) is 0 Å².